The molecule has 70 valence electrons. The number of hydrogen-bond donors (Lipinski definition) is 1. The van der Waals surface area contributed by atoms with Crippen LogP contribution in [0, 0.1) is 18.8 Å². The van der Waals surface area contributed by atoms with Crippen LogP contribution >= 0.6 is 0 Å². The molecule has 2 bridgehead atoms. The van der Waals surface area contributed by atoms with Gasteiger partial charge in [0.1, 0.15) is 12.8 Å². The van der Waals surface area contributed by atoms with Crippen LogP contribution in [0.4, 0.5) is 0 Å². The minimum Gasteiger partial charge on any atom is -0.481 e. The number of fused-ring (bicyclic) bond motifs is 2. The third-order valence-corrected chi connectivity index (χ3v) is 2.93. The van der Waals surface area contributed by atoms with E-state index in [-0.39, 0.29) is 18.0 Å². The van der Waals surface area contributed by atoms with E-state index in [0.717, 1.165) is 12.8 Å². The summed E-state index contributed by atoms with van der Waals surface area (Å²) in [4.78, 5) is 21.9. The van der Waals surface area contributed by atoms with Crippen molar-refractivity contribution in [3.63, 3.8) is 0 Å². The maximum atomic E-state index is 11.1. The van der Waals surface area contributed by atoms with Gasteiger partial charge < -0.3 is 9.84 Å². The minimum atomic E-state index is -0.936. The summed E-state index contributed by atoms with van der Waals surface area (Å²) in [6, 6.07) is 0. The van der Waals surface area contributed by atoms with Gasteiger partial charge in [-0.15, -0.1) is 0 Å². The predicted octanol–water partition coefficient (Wildman–Crippen LogP) is 0.268. The highest BCUT2D eigenvalue weighted by Crippen LogP contribution is 2.43. The highest BCUT2D eigenvalue weighted by Gasteiger charge is 2.56. The standard InChI is InChI=1S/C9H10O4/c1-4(10)7-5-2-3-6(13-5)8(7)9(11)12/h5-8H,1-3H2/p+1/t5-,6+,7?,8?/m1/s1. The zero-order valence-electron chi connectivity index (χ0n) is 7.10. The second-order valence-corrected chi connectivity index (χ2v) is 3.65. The molecular formula is C9H11O4+. The summed E-state index contributed by atoms with van der Waals surface area (Å²) in [6.07, 6.45) is 1.08. The zero-order chi connectivity index (χ0) is 9.59. The summed E-state index contributed by atoms with van der Waals surface area (Å²) < 4.78 is 5.38. The van der Waals surface area contributed by atoms with Gasteiger partial charge in [-0.3, -0.25) is 4.79 Å². The maximum Gasteiger partial charge on any atom is 0.310 e. The van der Waals surface area contributed by atoms with Crippen molar-refractivity contribution in [3.8, 4) is 0 Å². The molecule has 0 aromatic carbocycles. The number of carbonyl (C=O) groups excluding carboxylic acids is 1. The fourth-order valence-electron chi connectivity index (χ4n) is 2.40. The van der Waals surface area contributed by atoms with E-state index in [2.05, 4.69) is 6.92 Å². The van der Waals surface area contributed by atoms with Crippen molar-refractivity contribution in [2.24, 2.45) is 11.8 Å². The maximum absolute atomic E-state index is 11.1. The number of carboxylic acids is 1. The topological polar surface area (TPSA) is 63.6 Å². The Morgan fingerprint density at radius 1 is 1.23 bits per heavy atom. The van der Waals surface area contributed by atoms with E-state index in [9.17, 15) is 9.59 Å². The highest BCUT2D eigenvalue weighted by atomic mass is 16.5. The van der Waals surface area contributed by atoms with Crippen LogP contribution in [0.2, 0.25) is 0 Å². The molecule has 4 atom stereocenters. The quantitative estimate of drug-likeness (QED) is 0.624. The monoisotopic (exact) mass is 183 g/mol. The van der Waals surface area contributed by atoms with Crippen LogP contribution in [0.1, 0.15) is 12.8 Å². The second-order valence-electron chi connectivity index (χ2n) is 3.65. The lowest BCUT2D eigenvalue weighted by Crippen LogP contribution is -2.37. The van der Waals surface area contributed by atoms with Crippen LogP contribution in [-0.2, 0) is 14.3 Å². The van der Waals surface area contributed by atoms with Crippen LogP contribution in [-0.4, -0.2) is 29.1 Å². The molecular weight excluding hydrogens is 172 g/mol. The lowest BCUT2D eigenvalue weighted by Gasteiger charge is -2.19. The van der Waals surface area contributed by atoms with Crippen molar-refractivity contribution in [3.05, 3.63) is 6.92 Å². The van der Waals surface area contributed by atoms with Crippen LogP contribution in [0.15, 0.2) is 0 Å². The Labute approximate surface area is 75.9 Å². The summed E-state index contributed by atoms with van der Waals surface area (Å²) in [5.74, 6) is -2.42. The van der Waals surface area contributed by atoms with Gasteiger partial charge >= 0.3 is 11.8 Å². The first-order chi connectivity index (χ1) is 6.11. The van der Waals surface area contributed by atoms with Gasteiger partial charge in [0.05, 0.1) is 18.1 Å². The Morgan fingerprint density at radius 3 is 2.15 bits per heavy atom. The molecule has 0 aromatic heterocycles. The molecule has 2 aliphatic rings. The van der Waals surface area contributed by atoms with Crippen LogP contribution in [0.5, 0.6) is 0 Å². The van der Waals surface area contributed by atoms with Crippen LogP contribution in [0.25, 0.3) is 0 Å². The number of ether oxygens (including phenoxy) is 1. The minimum absolute atomic E-state index is 0.198. The molecule has 0 aromatic rings. The number of ketones is 1. The normalized spacial score (nSPS) is 42.2. The van der Waals surface area contributed by atoms with Gasteiger partial charge in [-0.2, -0.15) is 0 Å². The molecule has 2 rings (SSSR count). The molecule has 2 heterocycles. The first-order valence-electron chi connectivity index (χ1n) is 4.35. The lowest BCUT2D eigenvalue weighted by molar-refractivity contribution is -0.146. The zero-order valence-corrected chi connectivity index (χ0v) is 7.10. The molecule has 0 radical (unpaired) electrons. The second kappa shape index (κ2) is 2.73. The molecule has 4 heteroatoms. The van der Waals surface area contributed by atoms with Gasteiger partial charge in [-0.1, -0.05) is 0 Å². The van der Waals surface area contributed by atoms with Crippen LogP contribution in [0.3, 0.4) is 0 Å². The van der Waals surface area contributed by atoms with Gasteiger partial charge in [0, 0.05) is 0 Å². The van der Waals surface area contributed by atoms with Gasteiger partial charge in [-0.25, -0.2) is 4.79 Å². The fourth-order valence-corrected chi connectivity index (χ4v) is 2.40. The summed E-state index contributed by atoms with van der Waals surface area (Å²) in [7, 11) is 0. The molecule has 4 nitrogen and oxygen atoms in total. The molecule has 1 N–H and O–H groups in total. The molecule has 2 aliphatic heterocycles. The number of carboxylic acid groups (broad SMARTS) is 1. The van der Waals surface area contributed by atoms with E-state index in [1.54, 1.807) is 0 Å². The molecule has 0 aliphatic carbocycles. The third kappa shape index (κ3) is 1.13. The van der Waals surface area contributed by atoms with E-state index < -0.39 is 17.8 Å². The lowest BCUT2D eigenvalue weighted by atomic mass is 9.77. The van der Waals surface area contributed by atoms with Crippen molar-refractivity contribution in [1.82, 2.24) is 0 Å². The summed E-state index contributed by atoms with van der Waals surface area (Å²) in [5.41, 5.74) is 0. The Kier molecular flexibility index (Phi) is 1.80. The van der Waals surface area contributed by atoms with Crippen molar-refractivity contribution in [1.29, 1.82) is 0 Å². The Hall–Kier alpha value is -1.03. The van der Waals surface area contributed by atoms with E-state index in [1.807, 2.05) is 0 Å². The van der Waals surface area contributed by atoms with Gasteiger partial charge in [-0.05, 0) is 12.8 Å². The molecule has 0 amide bonds. The Bertz CT molecular complexity index is 234. The van der Waals surface area contributed by atoms with Crippen molar-refractivity contribution >= 4 is 11.8 Å². The van der Waals surface area contributed by atoms with E-state index >= 15 is 0 Å². The van der Waals surface area contributed by atoms with Gasteiger partial charge in [0.2, 0.25) is 0 Å². The van der Waals surface area contributed by atoms with E-state index in [1.165, 1.54) is 0 Å². The van der Waals surface area contributed by atoms with Crippen molar-refractivity contribution in [2.45, 2.75) is 25.0 Å². The number of rotatable bonds is 2. The largest absolute Gasteiger partial charge is 0.481 e. The smallest absolute Gasteiger partial charge is 0.310 e. The average Bonchev–Trinajstić information content (AvgIpc) is 2.60. The SMILES string of the molecule is [CH2+]C(=O)C1C(C(=O)O)[C@@H]2CC[C@H]1O2. The predicted molar refractivity (Wildman–Crippen MR) is 42.9 cm³/mol. The molecule has 2 unspecified atom stereocenters. The summed E-state index contributed by atoms with van der Waals surface area (Å²) in [5, 5.41) is 8.89. The van der Waals surface area contributed by atoms with E-state index in [4.69, 9.17) is 9.84 Å². The van der Waals surface area contributed by atoms with Crippen molar-refractivity contribution < 1.29 is 19.4 Å². The number of Topliss-reactive ketones (excluding diaryl/α,β-unsaturated/α-hetero) is 1. The Balaban J connectivity index is 2.24. The van der Waals surface area contributed by atoms with Gasteiger partial charge in [0.25, 0.3) is 0 Å². The Morgan fingerprint density at radius 2 is 1.77 bits per heavy atom. The summed E-state index contributed by atoms with van der Waals surface area (Å²) >= 11 is 0. The first kappa shape index (κ1) is 8.56. The summed E-state index contributed by atoms with van der Waals surface area (Å²) in [6.45, 7) is 3.29. The molecule has 0 saturated carbocycles. The van der Waals surface area contributed by atoms with Gasteiger partial charge in [0.15, 0.2) is 0 Å². The number of hydrogen-bond acceptors (Lipinski definition) is 3. The number of aliphatic carboxylic acids is 1. The first-order valence-corrected chi connectivity index (χ1v) is 4.35. The fraction of sp³-hybridized carbons (Fsp3) is 0.667. The highest BCUT2D eigenvalue weighted by molar-refractivity contribution is 5.90. The van der Waals surface area contributed by atoms with Crippen molar-refractivity contribution in [2.75, 3.05) is 0 Å². The molecule has 2 fully saturated rings. The number of carbonyl (C=O) groups is 2. The third-order valence-electron chi connectivity index (χ3n) is 2.93. The molecule has 2 saturated heterocycles. The molecule has 13 heavy (non-hydrogen) atoms. The van der Waals surface area contributed by atoms with Crippen LogP contribution < -0.4 is 0 Å². The average molecular weight is 183 g/mol. The van der Waals surface area contributed by atoms with E-state index in [0.29, 0.717) is 0 Å². The molecule has 0 spiro atoms.